The van der Waals surface area contributed by atoms with Gasteiger partial charge in [-0.2, -0.15) is 5.10 Å². The summed E-state index contributed by atoms with van der Waals surface area (Å²) in [4.78, 5) is 28.2. The van der Waals surface area contributed by atoms with Crippen molar-refractivity contribution in [3.63, 3.8) is 0 Å². The molecule has 1 fully saturated rings. The minimum absolute atomic E-state index is 0.0597. The molecule has 202 valence electrons. The zero-order chi connectivity index (χ0) is 29.9. The van der Waals surface area contributed by atoms with Crippen LogP contribution in [0.15, 0.2) is 48.9 Å². The molecule has 0 spiro atoms. The van der Waals surface area contributed by atoms with Crippen LogP contribution in [-0.2, 0) is 11.8 Å². The van der Waals surface area contributed by atoms with Gasteiger partial charge in [0.05, 0.1) is 49.0 Å². The van der Waals surface area contributed by atoms with E-state index in [1.165, 1.54) is 36.3 Å². The quantitative estimate of drug-likeness (QED) is 0.309. The fourth-order valence-electron chi connectivity index (χ4n) is 4.14. The van der Waals surface area contributed by atoms with Gasteiger partial charge < -0.3 is 30.3 Å². The summed E-state index contributed by atoms with van der Waals surface area (Å²) in [6.45, 7) is 0.0967. The summed E-state index contributed by atoms with van der Waals surface area (Å²) in [7, 11) is 3.06. The van der Waals surface area contributed by atoms with Crippen molar-refractivity contribution in [3.05, 3.63) is 60.3 Å². The van der Waals surface area contributed by atoms with E-state index in [1.807, 2.05) is 11.4 Å². The monoisotopic (exact) mass is 536 g/mol. The van der Waals surface area contributed by atoms with Crippen molar-refractivity contribution in [2.45, 2.75) is 0 Å². The lowest BCUT2D eigenvalue weighted by molar-refractivity contribution is 0.0963. The first-order valence-corrected chi connectivity index (χ1v) is 12.0. The number of ether oxygens (including phenoxy) is 2. The molecule has 1 aliphatic rings. The van der Waals surface area contributed by atoms with E-state index in [0.29, 0.717) is 19.0 Å². The molecule has 1 aromatic carbocycles. The number of pyridine rings is 2. The number of morpholine rings is 1. The number of carbonyl (C=O) groups excluding carboxylic acids is 1. The highest BCUT2D eigenvalue weighted by Crippen LogP contribution is 2.38. The van der Waals surface area contributed by atoms with Crippen molar-refractivity contribution >= 4 is 34.7 Å². The van der Waals surface area contributed by atoms with Crippen molar-refractivity contribution in [1.29, 1.82) is 0 Å². The average molecular weight is 537 g/mol. The fourth-order valence-corrected chi connectivity index (χ4v) is 4.14. The Morgan fingerprint density at radius 2 is 1.95 bits per heavy atom. The number of hydrogen-bond acceptors (Lipinski definition) is 10. The van der Waals surface area contributed by atoms with E-state index in [0.717, 1.165) is 24.8 Å². The van der Waals surface area contributed by atoms with Gasteiger partial charge in [-0.3, -0.25) is 9.48 Å². The molecule has 0 radical (unpaired) electrons. The summed E-state index contributed by atoms with van der Waals surface area (Å²) in [5.41, 5.74) is 1.22. The lowest BCUT2D eigenvalue weighted by Gasteiger charge is -2.28. The number of nitrogens with zero attached hydrogens (tertiary/aromatic N) is 6. The lowest BCUT2D eigenvalue weighted by Crippen LogP contribution is -2.36. The zero-order valence-electron chi connectivity index (χ0n) is 24.2. The highest BCUT2D eigenvalue weighted by Gasteiger charge is 2.20. The summed E-state index contributed by atoms with van der Waals surface area (Å²) < 4.78 is 49.6. The Morgan fingerprint density at radius 3 is 2.64 bits per heavy atom. The third-order valence-corrected chi connectivity index (χ3v) is 5.99. The normalized spacial score (nSPS) is 14.6. The first-order valence-electron chi connectivity index (χ1n) is 13.5. The summed E-state index contributed by atoms with van der Waals surface area (Å²) in [5, 5.41) is 12.2. The molecule has 0 bridgehead atoms. The molecular formula is C26H28FN9O3. The van der Waals surface area contributed by atoms with Crippen molar-refractivity contribution in [3.8, 4) is 17.1 Å². The molecule has 1 amide bonds. The fraction of sp³-hybridized carbons (Fsp3) is 0.269. The number of halogens is 1. The van der Waals surface area contributed by atoms with Crippen molar-refractivity contribution in [2.24, 2.45) is 7.05 Å². The van der Waals surface area contributed by atoms with Gasteiger partial charge in [-0.15, -0.1) is 0 Å². The Hall–Kier alpha value is -4.78. The van der Waals surface area contributed by atoms with Crippen LogP contribution in [-0.4, -0.2) is 71.0 Å². The second-order valence-electron chi connectivity index (χ2n) is 8.57. The molecular weight excluding hydrogens is 505 g/mol. The van der Waals surface area contributed by atoms with E-state index in [-0.39, 0.29) is 40.0 Å². The van der Waals surface area contributed by atoms with Crippen LogP contribution >= 0.6 is 0 Å². The Labute approximate surface area is 228 Å². The van der Waals surface area contributed by atoms with Crippen LogP contribution in [0.4, 0.5) is 33.2 Å². The molecule has 1 aliphatic heterocycles. The maximum absolute atomic E-state index is 14.8. The van der Waals surface area contributed by atoms with E-state index in [4.69, 9.17) is 13.6 Å². The molecule has 13 heteroatoms. The zero-order valence-corrected chi connectivity index (χ0v) is 21.2. The van der Waals surface area contributed by atoms with Crippen molar-refractivity contribution < 1.29 is 22.8 Å². The molecule has 3 N–H and O–H groups in total. The molecule has 0 unspecified atom stereocenters. The van der Waals surface area contributed by atoms with E-state index < -0.39 is 18.7 Å². The second kappa shape index (κ2) is 11.3. The number of amides is 1. The van der Waals surface area contributed by atoms with E-state index >= 15 is 0 Å². The number of hydrogen-bond donors (Lipinski definition) is 3. The first-order chi connectivity index (χ1) is 20.1. The number of rotatable bonds is 8. The van der Waals surface area contributed by atoms with Crippen LogP contribution in [0, 0.1) is 5.82 Å². The van der Waals surface area contributed by atoms with E-state index in [1.54, 1.807) is 19.3 Å². The van der Waals surface area contributed by atoms with Gasteiger partial charge >= 0.3 is 0 Å². The Balaban J connectivity index is 1.48. The predicted molar refractivity (Wildman–Crippen MR) is 144 cm³/mol. The van der Waals surface area contributed by atoms with Gasteiger partial charge in [-0.25, -0.2) is 19.3 Å². The summed E-state index contributed by atoms with van der Waals surface area (Å²) in [5.74, 6) is -0.429. The van der Waals surface area contributed by atoms with Crippen molar-refractivity contribution in [2.75, 3.05) is 55.9 Å². The number of carbonyl (C=O) groups is 1. The van der Waals surface area contributed by atoms with E-state index in [2.05, 4.69) is 35.6 Å². The van der Waals surface area contributed by atoms with Crippen molar-refractivity contribution in [1.82, 2.24) is 30.0 Å². The molecule has 0 atom stereocenters. The van der Waals surface area contributed by atoms with Crippen LogP contribution in [0.1, 0.15) is 14.5 Å². The molecule has 0 saturated carbocycles. The standard InChI is InChI=1S/C26H28FN9O3/c1-28-26(37)18-5-7-22(32-21-6-4-17(14-29-21)36-8-10-39-11-9-36)33-25(18)31-20-13-16(27)12-19(23(20)38-3)24-30-15-35(2)34-24/h4-7,12-15H,8-11H2,1-3H3,(H,28,37)(H2,29,31,32,33)/i1D3. The third kappa shape index (κ3) is 5.72. The van der Waals surface area contributed by atoms with Gasteiger partial charge in [0.15, 0.2) is 11.6 Å². The number of anilines is 5. The predicted octanol–water partition coefficient (Wildman–Crippen LogP) is 3.10. The molecule has 4 heterocycles. The smallest absolute Gasteiger partial charge is 0.254 e. The van der Waals surface area contributed by atoms with Gasteiger partial charge in [0.1, 0.15) is 29.6 Å². The average Bonchev–Trinajstić information content (AvgIpc) is 3.39. The molecule has 3 aromatic heterocycles. The third-order valence-electron chi connectivity index (χ3n) is 5.99. The van der Waals surface area contributed by atoms with Gasteiger partial charge in [0, 0.05) is 37.3 Å². The van der Waals surface area contributed by atoms with Gasteiger partial charge in [0.2, 0.25) is 0 Å². The van der Waals surface area contributed by atoms with Crippen LogP contribution in [0.3, 0.4) is 0 Å². The second-order valence-corrected chi connectivity index (χ2v) is 8.57. The minimum Gasteiger partial charge on any atom is -0.494 e. The van der Waals surface area contributed by atoms with Crippen LogP contribution in [0.5, 0.6) is 5.75 Å². The molecule has 39 heavy (non-hydrogen) atoms. The molecule has 12 nitrogen and oxygen atoms in total. The van der Waals surface area contributed by atoms with Gasteiger partial charge in [-0.05, 0) is 30.3 Å². The molecule has 4 aromatic rings. The van der Waals surface area contributed by atoms with Gasteiger partial charge in [-0.1, -0.05) is 0 Å². The van der Waals surface area contributed by atoms with E-state index in [9.17, 15) is 9.18 Å². The maximum atomic E-state index is 14.8. The number of aromatic nitrogens is 5. The number of aryl methyl sites for hydroxylation is 1. The van der Waals surface area contributed by atoms with Gasteiger partial charge in [0.25, 0.3) is 5.91 Å². The molecule has 5 rings (SSSR count). The topological polar surface area (TPSA) is 131 Å². The Morgan fingerprint density at radius 1 is 1.13 bits per heavy atom. The minimum atomic E-state index is -2.74. The largest absolute Gasteiger partial charge is 0.494 e. The SMILES string of the molecule is [2H]C([2H])([2H])NC(=O)c1ccc(Nc2ccc(N3CCOCC3)cn2)nc1Nc1cc(F)cc(-c2ncn(C)n2)c1OC. The maximum Gasteiger partial charge on any atom is 0.254 e. The summed E-state index contributed by atoms with van der Waals surface area (Å²) in [6.07, 6.45) is 3.19. The highest BCUT2D eigenvalue weighted by molar-refractivity contribution is 6.00. The van der Waals surface area contributed by atoms with Crippen LogP contribution in [0.2, 0.25) is 0 Å². The number of benzene rings is 1. The van der Waals surface area contributed by atoms with Crippen LogP contribution < -0.4 is 25.6 Å². The summed E-state index contributed by atoms with van der Waals surface area (Å²) in [6, 6.07) is 8.99. The number of methoxy groups -OCH3 is 1. The Bertz CT molecular complexity index is 1580. The summed E-state index contributed by atoms with van der Waals surface area (Å²) >= 11 is 0. The Kier molecular flexibility index (Phi) is 6.45. The molecule has 1 saturated heterocycles. The van der Waals surface area contributed by atoms with Crippen LogP contribution in [0.25, 0.3) is 11.4 Å². The number of nitrogens with one attached hydrogen (secondary N) is 3. The highest BCUT2D eigenvalue weighted by atomic mass is 19.1. The lowest BCUT2D eigenvalue weighted by atomic mass is 10.1. The first kappa shape index (κ1) is 22.2. The molecule has 0 aliphatic carbocycles.